The molecular formula is C27H41NO8. The van der Waals surface area contributed by atoms with Crippen LogP contribution in [-0.2, 0) is 30.3 Å². The van der Waals surface area contributed by atoms with Crippen molar-refractivity contribution in [1.29, 1.82) is 0 Å². The molecule has 36 heavy (non-hydrogen) atoms. The van der Waals surface area contributed by atoms with Crippen LogP contribution in [0.15, 0.2) is 18.2 Å². The zero-order valence-electron chi connectivity index (χ0n) is 22.5. The Hall–Kier alpha value is -2.94. The number of rotatable bonds is 15. The number of ether oxygens (including phenoxy) is 3. The van der Waals surface area contributed by atoms with Gasteiger partial charge in [-0.2, -0.15) is 0 Å². The quantitative estimate of drug-likeness (QED) is 0.198. The van der Waals surface area contributed by atoms with Crippen LogP contribution in [0.25, 0.3) is 0 Å². The summed E-state index contributed by atoms with van der Waals surface area (Å²) in [6.07, 6.45) is 2.06. The van der Waals surface area contributed by atoms with E-state index in [1.807, 2.05) is 20.8 Å². The molecule has 0 aliphatic carbocycles. The van der Waals surface area contributed by atoms with Gasteiger partial charge in [0.2, 0.25) is 0 Å². The number of benzene rings is 1. The van der Waals surface area contributed by atoms with Crippen LogP contribution in [0, 0.1) is 11.8 Å². The van der Waals surface area contributed by atoms with Gasteiger partial charge in [-0.25, -0.2) is 4.79 Å². The number of carboxylic acids is 1. The maximum atomic E-state index is 12.5. The Labute approximate surface area is 213 Å². The second-order valence-corrected chi connectivity index (χ2v) is 9.23. The van der Waals surface area contributed by atoms with Crippen LogP contribution in [0.3, 0.4) is 0 Å². The molecule has 0 bridgehead atoms. The Morgan fingerprint density at radius 2 is 1.44 bits per heavy atom. The lowest BCUT2D eigenvalue weighted by molar-refractivity contribution is -0.184. The first kappa shape index (κ1) is 31.1. The van der Waals surface area contributed by atoms with E-state index in [0.717, 1.165) is 0 Å². The summed E-state index contributed by atoms with van der Waals surface area (Å²) < 4.78 is 16.5. The van der Waals surface area contributed by atoms with Gasteiger partial charge in [-0.05, 0) is 50.3 Å². The Morgan fingerprint density at radius 1 is 0.889 bits per heavy atom. The average Bonchev–Trinajstić information content (AvgIpc) is 2.83. The highest BCUT2D eigenvalue weighted by Crippen LogP contribution is 2.32. The van der Waals surface area contributed by atoms with Crippen molar-refractivity contribution < 1.29 is 38.5 Å². The smallest absolute Gasteiger partial charge is 0.364 e. The molecule has 0 aliphatic heterocycles. The van der Waals surface area contributed by atoms with E-state index < -0.39 is 35.5 Å². The molecule has 0 amide bonds. The molecule has 0 heterocycles. The third-order valence-corrected chi connectivity index (χ3v) is 6.09. The topological polar surface area (TPSA) is 128 Å². The lowest BCUT2D eigenvalue weighted by Crippen LogP contribution is -2.59. The van der Waals surface area contributed by atoms with Crippen molar-refractivity contribution in [1.82, 2.24) is 5.32 Å². The van der Waals surface area contributed by atoms with E-state index in [-0.39, 0.29) is 36.3 Å². The number of hydrogen-bond donors (Lipinski definition) is 2. The first-order chi connectivity index (χ1) is 16.9. The minimum absolute atomic E-state index is 0.00262. The minimum Gasteiger partial charge on any atom is -0.477 e. The average molecular weight is 508 g/mol. The highest BCUT2D eigenvalue weighted by atomic mass is 16.6. The summed E-state index contributed by atoms with van der Waals surface area (Å²) in [4.78, 5) is 49.7. The van der Waals surface area contributed by atoms with Crippen molar-refractivity contribution in [3.63, 3.8) is 0 Å². The number of nitrogens with one attached hydrogen (secondary N) is 1. The molecule has 202 valence electrons. The van der Waals surface area contributed by atoms with Crippen molar-refractivity contribution in [2.45, 2.75) is 98.8 Å². The van der Waals surface area contributed by atoms with Crippen LogP contribution < -0.4 is 14.8 Å². The Kier molecular flexibility index (Phi) is 12.6. The molecular weight excluding hydrogens is 466 g/mol. The lowest BCUT2D eigenvalue weighted by atomic mass is 10.00. The van der Waals surface area contributed by atoms with Gasteiger partial charge >= 0.3 is 23.9 Å². The van der Waals surface area contributed by atoms with Crippen molar-refractivity contribution in [2.75, 3.05) is 0 Å². The first-order valence-corrected chi connectivity index (χ1v) is 12.7. The summed E-state index contributed by atoms with van der Waals surface area (Å²) >= 11 is 0. The van der Waals surface area contributed by atoms with Crippen LogP contribution >= 0.6 is 0 Å². The van der Waals surface area contributed by atoms with Gasteiger partial charge in [0, 0.05) is 18.9 Å². The molecule has 0 fully saturated rings. The second kappa shape index (κ2) is 14.6. The number of hydrogen-bond acceptors (Lipinski definition) is 8. The first-order valence-electron chi connectivity index (χ1n) is 12.7. The normalized spacial score (nSPS) is 15.2. The molecule has 1 rings (SSSR count). The lowest BCUT2D eigenvalue weighted by Gasteiger charge is -2.33. The molecule has 4 atom stereocenters. The minimum atomic E-state index is -2.03. The van der Waals surface area contributed by atoms with E-state index in [1.54, 1.807) is 33.8 Å². The highest BCUT2D eigenvalue weighted by molar-refractivity contribution is 5.82. The molecule has 0 radical (unpaired) electrons. The largest absolute Gasteiger partial charge is 0.477 e. The van der Waals surface area contributed by atoms with Gasteiger partial charge in [-0.15, -0.1) is 0 Å². The van der Waals surface area contributed by atoms with Gasteiger partial charge < -0.3 is 19.3 Å². The standard InChI is InChI=1S/C27H41NO8/c1-8-12-23(29)36-27(26(32)33,28-19(7)11-4)16-20-13-14-21(34-24(30)17(5)9-2)22(15-20)35-25(31)18(6)10-3/h13-15,17-19,28H,8-12,16H2,1-7H3,(H,32,33)/t17?,18?,19?,27-/m0/s1. The van der Waals surface area contributed by atoms with Crippen LogP contribution in [0.4, 0.5) is 0 Å². The van der Waals surface area contributed by atoms with Gasteiger partial charge in [0.25, 0.3) is 5.72 Å². The van der Waals surface area contributed by atoms with E-state index in [0.29, 0.717) is 31.2 Å². The number of esters is 3. The van der Waals surface area contributed by atoms with E-state index in [9.17, 15) is 24.3 Å². The zero-order chi connectivity index (χ0) is 27.5. The summed E-state index contributed by atoms with van der Waals surface area (Å²) in [5, 5.41) is 13.1. The molecule has 2 N–H and O–H groups in total. The van der Waals surface area contributed by atoms with E-state index in [2.05, 4.69) is 5.32 Å². The van der Waals surface area contributed by atoms with Crippen molar-refractivity contribution in [3.8, 4) is 11.5 Å². The van der Waals surface area contributed by atoms with Gasteiger partial charge in [-0.1, -0.05) is 47.6 Å². The SMILES string of the molecule is CCCC(=O)O[C@](Cc1ccc(OC(=O)C(C)CC)c(OC(=O)C(C)CC)c1)(NC(C)CC)C(=O)O. The molecule has 0 spiro atoms. The van der Waals surface area contributed by atoms with E-state index in [1.165, 1.54) is 12.1 Å². The van der Waals surface area contributed by atoms with Crippen molar-refractivity contribution >= 4 is 23.9 Å². The molecule has 9 heteroatoms. The van der Waals surface area contributed by atoms with E-state index >= 15 is 0 Å². The molecule has 9 nitrogen and oxygen atoms in total. The Balaban J connectivity index is 3.49. The van der Waals surface area contributed by atoms with Crippen LogP contribution in [0.5, 0.6) is 11.5 Å². The third-order valence-electron chi connectivity index (χ3n) is 6.09. The molecule has 0 aliphatic rings. The van der Waals surface area contributed by atoms with Gasteiger partial charge in [0.1, 0.15) is 0 Å². The van der Waals surface area contributed by atoms with Crippen molar-refractivity contribution in [3.05, 3.63) is 23.8 Å². The number of carbonyl (C=O) groups is 4. The van der Waals surface area contributed by atoms with Gasteiger partial charge in [0.05, 0.1) is 11.8 Å². The Morgan fingerprint density at radius 3 is 1.92 bits per heavy atom. The van der Waals surface area contributed by atoms with Crippen LogP contribution in [-0.4, -0.2) is 40.8 Å². The number of aliphatic carboxylic acids is 1. The van der Waals surface area contributed by atoms with E-state index in [4.69, 9.17) is 14.2 Å². The summed E-state index contributed by atoms with van der Waals surface area (Å²) in [7, 11) is 0. The molecule has 3 unspecified atom stereocenters. The summed E-state index contributed by atoms with van der Waals surface area (Å²) in [5.41, 5.74) is -1.62. The fourth-order valence-electron chi connectivity index (χ4n) is 3.11. The molecule has 1 aromatic carbocycles. The van der Waals surface area contributed by atoms with Gasteiger partial charge in [-0.3, -0.25) is 19.7 Å². The molecule has 0 saturated heterocycles. The fraction of sp³-hybridized carbons (Fsp3) is 0.630. The maximum Gasteiger partial charge on any atom is 0.364 e. The zero-order valence-corrected chi connectivity index (χ0v) is 22.5. The fourth-order valence-corrected chi connectivity index (χ4v) is 3.11. The maximum absolute atomic E-state index is 12.5. The predicted molar refractivity (Wildman–Crippen MR) is 135 cm³/mol. The van der Waals surface area contributed by atoms with Crippen molar-refractivity contribution in [2.24, 2.45) is 11.8 Å². The Bertz CT molecular complexity index is 915. The third kappa shape index (κ3) is 8.93. The molecule has 0 saturated carbocycles. The number of carboxylic acid groups (broad SMARTS) is 1. The summed E-state index contributed by atoms with van der Waals surface area (Å²) in [6, 6.07) is 4.19. The molecule has 0 aromatic heterocycles. The second-order valence-electron chi connectivity index (χ2n) is 9.23. The molecule has 1 aromatic rings. The number of carbonyl (C=O) groups excluding carboxylic acids is 3. The summed E-state index contributed by atoms with van der Waals surface area (Å²) in [6.45, 7) is 12.6. The van der Waals surface area contributed by atoms with Gasteiger partial charge in [0.15, 0.2) is 11.5 Å². The van der Waals surface area contributed by atoms with Crippen LogP contribution in [0.2, 0.25) is 0 Å². The monoisotopic (exact) mass is 507 g/mol. The summed E-state index contributed by atoms with van der Waals surface area (Å²) in [5.74, 6) is -3.68. The highest BCUT2D eigenvalue weighted by Gasteiger charge is 2.44. The predicted octanol–water partition coefficient (Wildman–Crippen LogP) is 4.64. The van der Waals surface area contributed by atoms with Crippen LogP contribution in [0.1, 0.15) is 86.1 Å².